The molecule has 1 amide bonds. The molecule has 1 aliphatic heterocycles. The van der Waals surface area contributed by atoms with Crippen LogP contribution in [0.2, 0.25) is 5.02 Å². The molecule has 0 fully saturated rings. The van der Waals surface area contributed by atoms with Crippen LogP contribution in [0, 0.1) is 5.92 Å². The third-order valence-corrected chi connectivity index (χ3v) is 5.40. The molecule has 26 heavy (non-hydrogen) atoms. The van der Waals surface area contributed by atoms with E-state index >= 15 is 0 Å². The highest BCUT2D eigenvalue weighted by atomic mass is 35.5. The largest absolute Gasteiger partial charge is 0.486 e. The van der Waals surface area contributed by atoms with Crippen LogP contribution in [0.5, 0.6) is 11.5 Å². The normalized spacial score (nSPS) is 14.2. The minimum absolute atomic E-state index is 0.0645. The quantitative estimate of drug-likeness (QED) is 0.749. The first-order valence-corrected chi connectivity index (χ1v) is 9.83. The van der Waals surface area contributed by atoms with Crippen LogP contribution >= 0.6 is 23.4 Å². The number of nitrogens with one attached hydrogen (secondary N) is 1. The molecule has 1 unspecified atom stereocenters. The molecule has 0 bridgehead atoms. The summed E-state index contributed by atoms with van der Waals surface area (Å²) in [4.78, 5) is 16.6. The van der Waals surface area contributed by atoms with Gasteiger partial charge in [-0.05, 0) is 35.7 Å². The number of carbonyl (C=O) groups excluding carboxylic acids is 1. The molecule has 1 atom stereocenters. The lowest BCUT2D eigenvalue weighted by atomic mass is 9.95. The molecule has 0 radical (unpaired) electrons. The first-order chi connectivity index (χ1) is 12.5. The van der Waals surface area contributed by atoms with Crippen molar-refractivity contribution in [1.82, 2.24) is 10.3 Å². The molecule has 2 heterocycles. The number of ether oxygens (including phenoxy) is 2. The maximum atomic E-state index is 12.4. The highest BCUT2D eigenvalue weighted by Gasteiger charge is 2.21. The van der Waals surface area contributed by atoms with Crippen LogP contribution in [-0.2, 0) is 4.79 Å². The highest BCUT2D eigenvalue weighted by Crippen LogP contribution is 2.34. The Hall–Kier alpha value is -1.92. The number of hydrogen-bond acceptors (Lipinski definition) is 5. The van der Waals surface area contributed by atoms with Crippen molar-refractivity contribution in [2.24, 2.45) is 5.92 Å². The van der Waals surface area contributed by atoms with E-state index in [-0.39, 0.29) is 23.6 Å². The minimum atomic E-state index is -0.113. The second-order valence-corrected chi connectivity index (χ2v) is 7.64. The summed E-state index contributed by atoms with van der Waals surface area (Å²) in [5, 5.41) is 4.31. The third-order valence-electron chi connectivity index (χ3n) is 3.97. The molecule has 7 heteroatoms. The minimum Gasteiger partial charge on any atom is -0.486 e. The van der Waals surface area contributed by atoms with Crippen LogP contribution in [0.25, 0.3) is 0 Å². The Morgan fingerprint density at radius 1 is 1.27 bits per heavy atom. The van der Waals surface area contributed by atoms with E-state index in [0.717, 1.165) is 17.1 Å². The average molecular weight is 393 g/mol. The van der Waals surface area contributed by atoms with Crippen molar-refractivity contribution in [3.05, 3.63) is 47.1 Å². The molecular weight excluding hydrogens is 372 g/mol. The van der Waals surface area contributed by atoms with Crippen LogP contribution in [0.3, 0.4) is 0 Å². The van der Waals surface area contributed by atoms with Gasteiger partial charge in [0.15, 0.2) is 11.5 Å². The summed E-state index contributed by atoms with van der Waals surface area (Å²) in [6.07, 6.45) is 1.66. The molecule has 1 aliphatic rings. The van der Waals surface area contributed by atoms with Gasteiger partial charge in [-0.15, -0.1) is 0 Å². The summed E-state index contributed by atoms with van der Waals surface area (Å²) >= 11 is 7.41. The van der Waals surface area contributed by atoms with Crippen molar-refractivity contribution in [2.75, 3.05) is 19.0 Å². The number of halogens is 1. The van der Waals surface area contributed by atoms with E-state index in [4.69, 9.17) is 21.1 Å². The number of rotatable bonds is 6. The van der Waals surface area contributed by atoms with Gasteiger partial charge >= 0.3 is 0 Å². The van der Waals surface area contributed by atoms with E-state index < -0.39 is 0 Å². The molecule has 0 aliphatic carbocycles. The number of aromatic nitrogens is 1. The van der Waals surface area contributed by atoms with Crippen LogP contribution in [0.15, 0.2) is 41.6 Å². The number of nitrogens with zero attached hydrogens (tertiary/aromatic N) is 1. The summed E-state index contributed by atoms with van der Waals surface area (Å²) in [7, 11) is 0. The number of hydrogen-bond donors (Lipinski definition) is 1. The molecule has 1 N–H and O–H groups in total. The maximum Gasteiger partial charge on any atom is 0.230 e. The van der Waals surface area contributed by atoms with Crippen LogP contribution < -0.4 is 14.8 Å². The zero-order chi connectivity index (χ0) is 18.5. The van der Waals surface area contributed by atoms with Gasteiger partial charge in [0.05, 0.1) is 16.8 Å². The fourth-order valence-corrected chi connectivity index (χ4v) is 3.69. The molecule has 1 aromatic heterocycles. The molecule has 2 aromatic rings. The maximum absolute atomic E-state index is 12.4. The van der Waals surface area contributed by atoms with Gasteiger partial charge in [-0.2, -0.15) is 0 Å². The van der Waals surface area contributed by atoms with Crippen molar-refractivity contribution >= 4 is 29.3 Å². The van der Waals surface area contributed by atoms with Gasteiger partial charge in [0, 0.05) is 6.20 Å². The van der Waals surface area contributed by atoms with Crippen molar-refractivity contribution in [3.8, 4) is 11.5 Å². The molecule has 0 saturated carbocycles. The van der Waals surface area contributed by atoms with E-state index in [2.05, 4.69) is 24.1 Å². The van der Waals surface area contributed by atoms with Gasteiger partial charge in [-0.3, -0.25) is 4.79 Å². The summed E-state index contributed by atoms with van der Waals surface area (Å²) in [5.74, 6) is 1.89. The predicted molar refractivity (Wildman–Crippen MR) is 103 cm³/mol. The highest BCUT2D eigenvalue weighted by molar-refractivity contribution is 8.00. The van der Waals surface area contributed by atoms with Crippen molar-refractivity contribution in [3.63, 3.8) is 0 Å². The number of carbonyl (C=O) groups is 1. The van der Waals surface area contributed by atoms with Crippen LogP contribution in [0.1, 0.15) is 25.5 Å². The Balaban J connectivity index is 1.66. The number of amides is 1. The van der Waals surface area contributed by atoms with Gasteiger partial charge in [-0.25, -0.2) is 4.98 Å². The summed E-state index contributed by atoms with van der Waals surface area (Å²) < 4.78 is 11.2. The number of fused-ring (bicyclic) bond motifs is 1. The van der Waals surface area contributed by atoms with Gasteiger partial charge in [0.25, 0.3) is 0 Å². The van der Waals surface area contributed by atoms with Gasteiger partial charge in [0.2, 0.25) is 5.91 Å². The monoisotopic (exact) mass is 392 g/mol. The van der Waals surface area contributed by atoms with E-state index in [1.807, 2.05) is 18.2 Å². The first kappa shape index (κ1) is 18.9. The number of thioether (sulfide) groups is 1. The Labute approximate surface area is 162 Å². The van der Waals surface area contributed by atoms with E-state index in [1.165, 1.54) is 11.8 Å². The van der Waals surface area contributed by atoms with Gasteiger partial charge < -0.3 is 14.8 Å². The smallest absolute Gasteiger partial charge is 0.230 e. The SMILES string of the molecule is CC(C)C(NC(=O)CSc1ncccc1Cl)c1ccc2c(c1)OCCO2. The van der Waals surface area contributed by atoms with Gasteiger partial charge in [-0.1, -0.05) is 43.3 Å². The van der Waals surface area contributed by atoms with Crippen molar-refractivity contribution < 1.29 is 14.3 Å². The predicted octanol–water partition coefficient (Wildman–Crippen LogP) is 4.11. The van der Waals surface area contributed by atoms with E-state index in [9.17, 15) is 4.79 Å². The molecule has 138 valence electrons. The summed E-state index contributed by atoms with van der Waals surface area (Å²) in [6, 6.07) is 9.24. The summed E-state index contributed by atoms with van der Waals surface area (Å²) in [6.45, 7) is 5.25. The zero-order valence-electron chi connectivity index (χ0n) is 14.7. The lowest BCUT2D eigenvalue weighted by Crippen LogP contribution is -2.33. The molecule has 0 saturated heterocycles. The standard InChI is InChI=1S/C19H21ClN2O3S/c1-12(2)18(13-5-6-15-16(10-13)25-9-8-24-15)22-17(23)11-26-19-14(20)4-3-7-21-19/h3-7,10,12,18H,8-9,11H2,1-2H3,(H,22,23). The molecule has 1 aromatic carbocycles. The van der Waals surface area contributed by atoms with Gasteiger partial charge in [0.1, 0.15) is 18.2 Å². The van der Waals surface area contributed by atoms with Crippen molar-refractivity contribution in [2.45, 2.75) is 24.9 Å². The number of pyridine rings is 1. The molecule has 0 spiro atoms. The van der Waals surface area contributed by atoms with Crippen molar-refractivity contribution in [1.29, 1.82) is 0 Å². The lowest BCUT2D eigenvalue weighted by molar-refractivity contribution is -0.119. The second-order valence-electron chi connectivity index (χ2n) is 6.27. The fraction of sp³-hybridized carbons (Fsp3) is 0.368. The number of benzene rings is 1. The zero-order valence-corrected chi connectivity index (χ0v) is 16.3. The third kappa shape index (κ3) is 4.62. The fourth-order valence-electron chi connectivity index (χ4n) is 2.71. The molecule has 5 nitrogen and oxygen atoms in total. The molecule has 3 rings (SSSR count). The van der Waals surface area contributed by atoms with E-state index in [0.29, 0.717) is 23.3 Å². The van der Waals surface area contributed by atoms with Crippen LogP contribution in [0.4, 0.5) is 0 Å². The summed E-state index contributed by atoms with van der Waals surface area (Å²) in [5.41, 5.74) is 0.999. The molecular formula is C19H21ClN2O3S. The lowest BCUT2D eigenvalue weighted by Gasteiger charge is -2.25. The topological polar surface area (TPSA) is 60.5 Å². The Bertz CT molecular complexity index is 785. The second kappa shape index (κ2) is 8.64. The van der Waals surface area contributed by atoms with Crippen LogP contribution in [-0.4, -0.2) is 29.9 Å². The Morgan fingerprint density at radius 3 is 2.77 bits per heavy atom. The average Bonchev–Trinajstić information content (AvgIpc) is 2.65. The first-order valence-electron chi connectivity index (χ1n) is 8.47. The Morgan fingerprint density at radius 2 is 2.04 bits per heavy atom. The van der Waals surface area contributed by atoms with E-state index in [1.54, 1.807) is 18.3 Å². The Kier molecular flexibility index (Phi) is 6.27.